The maximum atomic E-state index is 12.8. The number of hydrogen-bond donors (Lipinski definition) is 2. The van der Waals surface area contributed by atoms with Crippen LogP contribution in [0.4, 0.5) is 13.2 Å². The minimum absolute atomic E-state index is 0.404. The highest BCUT2D eigenvalue weighted by atomic mass is 19.3. The van der Waals surface area contributed by atoms with E-state index in [4.69, 9.17) is 5.11 Å². The molecule has 76 valence electrons. The number of halogens is 3. The summed E-state index contributed by atoms with van der Waals surface area (Å²) in [5.41, 5.74) is 2.63. The highest BCUT2D eigenvalue weighted by Crippen LogP contribution is 2.29. The predicted molar refractivity (Wildman–Crippen MR) is 39.3 cm³/mol. The number of rotatable bonds is 2. The molecule has 0 spiro atoms. The van der Waals surface area contributed by atoms with Crippen LogP contribution in [-0.2, 0) is 0 Å². The summed E-state index contributed by atoms with van der Waals surface area (Å²) in [6.45, 7) is 0. The number of hydrogen-bond acceptors (Lipinski definition) is 3. The molecule has 0 unspecified atom stereocenters. The molecule has 1 amide bonds. The smallest absolute Gasteiger partial charge is 0.284 e. The molecular formula is C7H5F3N2O2. The molecule has 1 aromatic rings. The molecule has 0 atom stereocenters. The van der Waals surface area contributed by atoms with E-state index in [1.54, 1.807) is 0 Å². The first-order chi connectivity index (χ1) is 6.45. The number of nitrogens with zero attached hydrogens (tertiary/aromatic N) is 1. The lowest BCUT2D eigenvalue weighted by molar-refractivity contribution is 0.0991. The van der Waals surface area contributed by atoms with Gasteiger partial charge in [0.05, 0.1) is 6.20 Å². The molecule has 1 heterocycles. The summed E-state index contributed by atoms with van der Waals surface area (Å²) in [5, 5.41) is 9.03. The number of aromatic nitrogens is 1. The Hall–Kier alpha value is -1.79. The lowest BCUT2D eigenvalue weighted by atomic mass is 10.2. The number of carbonyl (C=O) groups is 1. The van der Waals surface area contributed by atoms with E-state index in [1.165, 1.54) is 0 Å². The largest absolute Gasteiger partial charge is 0.505 e. The summed E-state index contributed by atoms with van der Waals surface area (Å²) in [5.74, 6) is -3.78. The summed E-state index contributed by atoms with van der Waals surface area (Å²) in [7, 11) is 0. The molecule has 0 saturated carbocycles. The molecule has 14 heavy (non-hydrogen) atoms. The maximum Gasteiger partial charge on any atom is 0.284 e. The SMILES string of the molecule is NC(=O)c1c(F)cnc(C(F)F)c1O. The quantitative estimate of drug-likeness (QED) is 0.756. The fraction of sp³-hybridized carbons (Fsp3) is 0.143. The zero-order valence-electron chi connectivity index (χ0n) is 6.67. The van der Waals surface area contributed by atoms with Crippen molar-refractivity contribution < 1.29 is 23.1 Å². The molecular weight excluding hydrogens is 201 g/mol. The summed E-state index contributed by atoms with van der Waals surface area (Å²) < 4.78 is 37.0. The molecule has 1 aromatic heterocycles. The van der Waals surface area contributed by atoms with Crippen LogP contribution < -0.4 is 5.73 Å². The van der Waals surface area contributed by atoms with Crippen molar-refractivity contribution in [3.8, 4) is 5.75 Å². The van der Waals surface area contributed by atoms with Crippen molar-refractivity contribution >= 4 is 5.91 Å². The van der Waals surface area contributed by atoms with Gasteiger partial charge in [-0.15, -0.1) is 0 Å². The fourth-order valence-electron chi connectivity index (χ4n) is 0.887. The van der Waals surface area contributed by atoms with Crippen LogP contribution in [0.1, 0.15) is 22.5 Å². The molecule has 0 aromatic carbocycles. The second kappa shape index (κ2) is 3.52. The van der Waals surface area contributed by atoms with Gasteiger partial charge in [0.25, 0.3) is 12.3 Å². The third-order valence-corrected chi connectivity index (χ3v) is 1.49. The Morgan fingerprint density at radius 2 is 2.14 bits per heavy atom. The number of amides is 1. The number of nitrogens with two attached hydrogens (primary N) is 1. The maximum absolute atomic E-state index is 12.8. The van der Waals surface area contributed by atoms with Gasteiger partial charge in [0.15, 0.2) is 11.6 Å². The van der Waals surface area contributed by atoms with Gasteiger partial charge < -0.3 is 10.8 Å². The van der Waals surface area contributed by atoms with Crippen LogP contribution in [0, 0.1) is 5.82 Å². The Balaban J connectivity index is 3.41. The van der Waals surface area contributed by atoms with E-state index in [-0.39, 0.29) is 0 Å². The standard InChI is InChI=1S/C7H5F3N2O2/c8-2-1-12-4(6(9)10)5(13)3(2)7(11)14/h1,6,13H,(H2,11,14). The van der Waals surface area contributed by atoms with Crippen LogP contribution >= 0.6 is 0 Å². The van der Waals surface area contributed by atoms with E-state index in [0.29, 0.717) is 6.20 Å². The normalized spacial score (nSPS) is 10.6. The molecule has 0 aliphatic rings. The Bertz CT molecular complexity index is 381. The average Bonchev–Trinajstić information content (AvgIpc) is 2.02. The molecule has 1 rings (SSSR count). The number of pyridine rings is 1. The molecule has 4 nitrogen and oxygen atoms in total. The third-order valence-electron chi connectivity index (χ3n) is 1.49. The van der Waals surface area contributed by atoms with Gasteiger partial charge in [-0.2, -0.15) is 0 Å². The van der Waals surface area contributed by atoms with Crippen molar-refractivity contribution in [3.63, 3.8) is 0 Å². The van der Waals surface area contributed by atoms with E-state index in [0.717, 1.165) is 0 Å². The van der Waals surface area contributed by atoms with Gasteiger partial charge in [0, 0.05) is 0 Å². The van der Waals surface area contributed by atoms with Crippen molar-refractivity contribution in [2.75, 3.05) is 0 Å². The van der Waals surface area contributed by atoms with E-state index in [1.807, 2.05) is 0 Å². The summed E-state index contributed by atoms with van der Waals surface area (Å²) >= 11 is 0. The van der Waals surface area contributed by atoms with Crippen LogP contribution in [0.3, 0.4) is 0 Å². The molecule has 0 fully saturated rings. The summed E-state index contributed by atoms with van der Waals surface area (Å²) in [4.78, 5) is 13.5. The number of alkyl halides is 2. The van der Waals surface area contributed by atoms with Gasteiger partial charge in [-0.05, 0) is 0 Å². The third kappa shape index (κ3) is 1.61. The molecule has 0 saturated heterocycles. The first-order valence-corrected chi connectivity index (χ1v) is 3.40. The molecule has 3 N–H and O–H groups in total. The first-order valence-electron chi connectivity index (χ1n) is 3.40. The van der Waals surface area contributed by atoms with E-state index < -0.39 is 35.2 Å². The number of carbonyl (C=O) groups excluding carboxylic acids is 1. The lowest BCUT2D eigenvalue weighted by Gasteiger charge is -2.06. The number of primary amides is 1. The number of aromatic hydroxyl groups is 1. The summed E-state index contributed by atoms with van der Waals surface area (Å²) in [6, 6.07) is 0. The molecule has 0 radical (unpaired) electrons. The Morgan fingerprint density at radius 1 is 1.57 bits per heavy atom. The van der Waals surface area contributed by atoms with Gasteiger partial charge in [-0.25, -0.2) is 18.2 Å². The lowest BCUT2D eigenvalue weighted by Crippen LogP contribution is -2.15. The summed E-state index contributed by atoms with van der Waals surface area (Å²) in [6.07, 6.45) is -2.70. The van der Waals surface area contributed by atoms with Crippen LogP contribution in [0.25, 0.3) is 0 Å². The molecule has 0 aliphatic carbocycles. The van der Waals surface area contributed by atoms with Crippen molar-refractivity contribution in [1.82, 2.24) is 4.98 Å². The van der Waals surface area contributed by atoms with Crippen molar-refractivity contribution in [1.29, 1.82) is 0 Å². The van der Waals surface area contributed by atoms with E-state index >= 15 is 0 Å². The van der Waals surface area contributed by atoms with Crippen LogP contribution in [0.2, 0.25) is 0 Å². The van der Waals surface area contributed by atoms with Gasteiger partial charge in [-0.3, -0.25) is 4.79 Å². The van der Waals surface area contributed by atoms with Crippen LogP contribution in [-0.4, -0.2) is 16.0 Å². The second-order valence-corrected chi connectivity index (χ2v) is 2.38. The van der Waals surface area contributed by atoms with Gasteiger partial charge >= 0.3 is 0 Å². The Morgan fingerprint density at radius 3 is 2.57 bits per heavy atom. The van der Waals surface area contributed by atoms with Gasteiger partial charge in [-0.1, -0.05) is 0 Å². The van der Waals surface area contributed by atoms with Crippen molar-refractivity contribution in [2.24, 2.45) is 5.73 Å². The Labute approximate surface area is 76.2 Å². The van der Waals surface area contributed by atoms with Crippen LogP contribution in [0.5, 0.6) is 5.75 Å². The second-order valence-electron chi connectivity index (χ2n) is 2.38. The fourth-order valence-corrected chi connectivity index (χ4v) is 0.887. The molecule has 0 bridgehead atoms. The van der Waals surface area contributed by atoms with Crippen LogP contribution in [0.15, 0.2) is 6.20 Å². The zero-order chi connectivity index (χ0) is 10.9. The first kappa shape index (κ1) is 10.3. The zero-order valence-corrected chi connectivity index (χ0v) is 6.67. The monoisotopic (exact) mass is 206 g/mol. The van der Waals surface area contributed by atoms with E-state index in [2.05, 4.69) is 10.7 Å². The van der Waals surface area contributed by atoms with Gasteiger partial charge in [0.2, 0.25) is 0 Å². The highest BCUT2D eigenvalue weighted by molar-refractivity contribution is 5.95. The molecule has 7 heteroatoms. The topological polar surface area (TPSA) is 76.2 Å². The predicted octanol–water partition coefficient (Wildman–Crippen LogP) is 0.963. The molecule has 0 aliphatic heterocycles. The average molecular weight is 206 g/mol. The van der Waals surface area contributed by atoms with E-state index in [9.17, 15) is 18.0 Å². The van der Waals surface area contributed by atoms with Crippen molar-refractivity contribution in [3.05, 3.63) is 23.3 Å². The highest BCUT2D eigenvalue weighted by Gasteiger charge is 2.23. The van der Waals surface area contributed by atoms with Gasteiger partial charge in [0.1, 0.15) is 11.3 Å². The minimum Gasteiger partial charge on any atom is -0.505 e. The van der Waals surface area contributed by atoms with Crippen molar-refractivity contribution in [2.45, 2.75) is 6.43 Å². The minimum atomic E-state index is -3.10. The Kier molecular flexibility index (Phi) is 2.59.